The molecule has 188 valence electrons. The molecule has 3 aromatic carbocycles. The molecule has 3 N–H and O–H groups in total. The molecule has 1 aromatic heterocycles. The molecule has 0 aliphatic carbocycles. The van der Waals surface area contributed by atoms with Crippen molar-refractivity contribution in [1.82, 2.24) is 9.97 Å². The number of imidazole rings is 1. The van der Waals surface area contributed by atoms with Crippen molar-refractivity contribution in [2.24, 2.45) is 5.73 Å². The van der Waals surface area contributed by atoms with Gasteiger partial charge in [-0.25, -0.2) is 4.98 Å². The topological polar surface area (TPSA) is 105 Å². The van der Waals surface area contributed by atoms with Crippen molar-refractivity contribution in [2.45, 2.75) is 32.2 Å². The molecule has 37 heavy (non-hydrogen) atoms. The van der Waals surface area contributed by atoms with Gasteiger partial charge in [0.15, 0.2) is 5.69 Å². The number of nitrogens with two attached hydrogens (primary N) is 1. The molecule has 0 bridgehead atoms. The standard InChI is InChI=1S/C28H23F3N4O2/c1-17(36)13-23(33)27-34-24(15-32)26(35-27)21-11-12-25(22(14-21)28(29,30)31)37-16-18-7-9-20(10-8-18)19-5-3-2-4-6-19/h2-12,14,23H,13,16,33H2,1H3,(H,34,35). The molecule has 4 rings (SSSR count). The first-order valence-electron chi connectivity index (χ1n) is 11.4. The first-order chi connectivity index (χ1) is 17.7. The second-order valence-corrected chi connectivity index (χ2v) is 8.53. The third-order valence-electron chi connectivity index (χ3n) is 5.72. The van der Waals surface area contributed by atoms with Crippen LogP contribution in [0.5, 0.6) is 5.75 Å². The minimum absolute atomic E-state index is 0.0231. The number of ether oxygens (including phenoxy) is 1. The Morgan fingerprint density at radius 1 is 1.05 bits per heavy atom. The summed E-state index contributed by atoms with van der Waals surface area (Å²) in [5.74, 6) is -0.371. The van der Waals surface area contributed by atoms with Crippen molar-refractivity contribution in [3.63, 3.8) is 0 Å². The Labute approximate surface area is 211 Å². The number of benzene rings is 3. The van der Waals surface area contributed by atoms with Crippen LogP contribution in [0.4, 0.5) is 13.2 Å². The minimum Gasteiger partial charge on any atom is -0.488 e. The summed E-state index contributed by atoms with van der Waals surface area (Å²) < 4.78 is 47.4. The third kappa shape index (κ3) is 6.05. The van der Waals surface area contributed by atoms with Crippen molar-refractivity contribution in [3.8, 4) is 34.2 Å². The minimum atomic E-state index is -4.71. The van der Waals surface area contributed by atoms with Gasteiger partial charge in [-0.3, -0.25) is 4.79 Å². The van der Waals surface area contributed by atoms with Gasteiger partial charge in [-0.2, -0.15) is 18.4 Å². The van der Waals surface area contributed by atoms with Crippen LogP contribution in [-0.2, 0) is 17.6 Å². The number of halogens is 3. The average Bonchev–Trinajstić information content (AvgIpc) is 3.32. The molecular formula is C28H23F3N4O2. The molecule has 0 amide bonds. The maximum atomic E-state index is 13.9. The van der Waals surface area contributed by atoms with Gasteiger partial charge >= 0.3 is 6.18 Å². The van der Waals surface area contributed by atoms with E-state index in [2.05, 4.69) is 9.97 Å². The molecule has 0 aliphatic rings. The van der Waals surface area contributed by atoms with Gasteiger partial charge in [0.1, 0.15) is 30.0 Å². The molecule has 1 atom stereocenters. The zero-order chi connectivity index (χ0) is 26.6. The largest absolute Gasteiger partial charge is 0.488 e. The highest BCUT2D eigenvalue weighted by molar-refractivity contribution is 5.76. The maximum absolute atomic E-state index is 13.9. The van der Waals surface area contributed by atoms with Crippen LogP contribution >= 0.6 is 0 Å². The van der Waals surface area contributed by atoms with Gasteiger partial charge in [0.25, 0.3) is 0 Å². The summed E-state index contributed by atoms with van der Waals surface area (Å²) in [6, 6.07) is 21.7. The Hall–Kier alpha value is -4.42. The summed E-state index contributed by atoms with van der Waals surface area (Å²) in [5, 5.41) is 9.46. The van der Waals surface area contributed by atoms with Crippen LogP contribution in [0, 0.1) is 11.3 Å². The van der Waals surface area contributed by atoms with Crippen molar-refractivity contribution in [3.05, 3.63) is 95.4 Å². The summed E-state index contributed by atoms with van der Waals surface area (Å²) in [5.41, 5.74) is 7.76. The van der Waals surface area contributed by atoms with E-state index in [4.69, 9.17) is 10.5 Å². The van der Waals surface area contributed by atoms with Crippen molar-refractivity contribution in [1.29, 1.82) is 5.26 Å². The second-order valence-electron chi connectivity index (χ2n) is 8.53. The number of alkyl halides is 3. The molecule has 0 fully saturated rings. The second kappa shape index (κ2) is 10.7. The fourth-order valence-electron chi connectivity index (χ4n) is 3.88. The Morgan fingerprint density at radius 2 is 1.70 bits per heavy atom. The first-order valence-corrected chi connectivity index (χ1v) is 11.4. The monoisotopic (exact) mass is 504 g/mol. The lowest BCUT2D eigenvalue weighted by molar-refractivity contribution is -0.139. The number of hydrogen-bond acceptors (Lipinski definition) is 5. The number of aromatic nitrogens is 2. The Morgan fingerprint density at radius 3 is 2.32 bits per heavy atom. The molecule has 4 aromatic rings. The summed E-state index contributed by atoms with van der Waals surface area (Å²) in [4.78, 5) is 18.3. The molecule has 0 saturated carbocycles. The lowest BCUT2D eigenvalue weighted by atomic mass is 10.0. The Bertz CT molecular complexity index is 1440. The predicted octanol–water partition coefficient (Wildman–Crippen LogP) is 6.19. The maximum Gasteiger partial charge on any atom is 0.419 e. The predicted molar refractivity (Wildman–Crippen MR) is 132 cm³/mol. The van der Waals surface area contributed by atoms with Crippen LogP contribution in [0.1, 0.15) is 42.0 Å². The van der Waals surface area contributed by atoms with E-state index < -0.39 is 17.8 Å². The summed E-state index contributed by atoms with van der Waals surface area (Å²) >= 11 is 0. The molecule has 6 nitrogen and oxygen atoms in total. The number of hydrogen-bond donors (Lipinski definition) is 2. The van der Waals surface area contributed by atoms with Gasteiger partial charge in [-0.15, -0.1) is 0 Å². The van der Waals surface area contributed by atoms with E-state index in [0.717, 1.165) is 17.2 Å². The van der Waals surface area contributed by atoms with E-state index in [0.29, 0.717) is 5.56 Å². The fourth-order valence-corrected chi connectivity index (χ4v) is 3.88. The van der Waals surface area contributed by atoms with Gasteiger partial charge in [-0.1, -0.05) is 54.6 Å². The number of rotatable bonds is 8. The van der Waals surface area contributed by atoms with Gasteiger partial charge in [0.2, 0.25) is 0 Å². The average molecular weight is 505 g/mol. The van der Waals surface area contributed by atoms with Crippen LogP contribution in [0.25, 0.3) is 22.4 Å². The SMILES string of the molecule is CC(=O)CC(N)c1nc(C#N)c(-c2ccc(OCc3ccc(-c4ccccc4)cc3)c(C(F)(F)F)c2)[nH]1. The van der Waals surface area contributed by atoms with Gasteiger partial charge in [-0.05, 0) is 41.8 Å². The number of nitrogens with one attached hydrogen (secondary N) is 1. The molecule has 0 radical (unpaired) electrons. The number of nitriles is 1. The molecule has 1 heterocycles. The molecule has 0 spiro atoms. The van der Waals surface area contributed by atoms with E-state index in [9.17, 15) is 23.2 Å². The van der Waals surface area contributed by atoms with Gasteiger partial charge in [0, 0.05) is 12.0 Å². The van der Waals surface area contributed by atoms with Crippen molar-refractivity contribution < 1.29 is 22.7 Å². The summed E-state index contributed by atoms with van der Waals surface area (Å²) in [6.45, 7) is 1.30. The van der Waals surface area contributed by atoms with E-state index in [1.807, 2.05) is 48.5 Å². The smallest absolute Gasteiger partial charge is 0.419 e. The van der Waals surface area contributed by atoms with Crippen molar-refractivity contribution in [2.75, 3.05) is 0 Å². The van der Waals surface area contributed by atoms with E-state index in [1.165, 1.54) is 19.1 Å². The molecule has 1 unspecified atom stereocenters. The normalized spacial score (nSPS) is 12.1. The Balaban J connectivity index is 1.58. The van der Waals surface area contributed by atoms with Crippen molar-refractivity contribution >= 4 is 5.78 Å². The number of nitrogens with zero attached hydrogens (tertiary/aromatic N) is 2. The highest BCUT2D eigenvalue weighted by Crippen LogP contribution is 2.39. The van der Waals surface area contributed by atoms with Gasteiger partial charge < -0.3 is 15.5 Å². The molecule has 0 aliphatic heterocycles. The molecule has 9 heteroatoms. The Kier molecular flexibility index (Phi) is 7.41. The lowest BCUT2D eigenvalue weighted by Crippen LogP contribution is -2.15. The van der Waals surface area contributed by atoms with Gasteiger partial charge in [0.05, 0.1) is 17.3 Å². The van der Waals surface area contributed by atoms with Crippen LogP contribution < -0.4 is 10.5 Å². The van der Waals surface area contributed by atoms with E-state index in [1.54, 1.807) is 12.1 Å². The number of carbonyl (C=O) groups excluding carboxylic acids is 1. The molecule has 0 saturated heterocycles. The zero-order valence-electron chi connectivity index (χ0n) is 19.8. The van der Waals surface area contributed by atoms with Crippen LogP contribution in [0.15, 0.2) is 72.8 Å². The first kappa shape index (κ1) is 25.7. The van der Waals surface area contributed by atoms with Crippen LogP contribution in [0.3, 0.4) is 0 Å². The number of carbonyl (C=O) groups is 1. The third-order valence-corrected chi connectivity index (χ3v) is 5.72. The van der Waals surface area contributed by atoms with E-state index in [-0.39, 0.29) is 47.3 Å². The number of aromatic amines is 1. The molecular weight excluding hydrogens is 481 g/mol. The fraction of sp³-hybridized carbons (Fsp3) is 0.179. The lowest BCUT2D eigenvalue weighted by Gasteiger charge is -2.15. The summed E-state index contributed by atoms with van der Waals surface area (Å²) in [7, 11) is 0. The summed E-state index contributed by atoms with van der Waals surface area (Å²) in [6.07, 6.45) is -4.73. The zero-order valence-corrected chi connectivity index (χ0v) is 19.8. The highest BCUT2D eigenvalue weighted by atomic mass is 19.4. The number of Topliss-reactive ketones (excluding diaryl/α,β-unsaturated/α-hetero) is 1. The highest BCUT2D eigenvalue weighted by Gasteiger charge is 2.35. The number of H-pyrrole nitrogens is 1. The van der Waals surface area contributed by atoms with Crippen LogP contribution in [0.2, 0.25) is 0 Å². The van der Waals surface area contributed by atoms with Crippen LogP contribution in [-0.4, -0.2) is 15.8 Å². The number of ketones is 1. The van der Waals surface area contributed by atoms with E-state index >= 15 is 0 Å². The quantitative estimate of drug-likeness (QED) is 0.298.